The molecular formula is C18H21NO3S. The SMILES string of the molecule is Cc1cc(CCCC(=O)Nc2ccccc2CC(=O)O)c(C)s1. The van der Waals surface area contributed by atoms with Crippen molar-refractivity contribution < 1.29 is 14.7 Å². The molecule has 0 radical (unpaired) electrons. The molecule has 0 atom stereocenters. The lowest BCUT2D eigenvalue weighted by atomic mass is 10.1. The fraction of sp³-hybridized carbons (Fsp3) is 0.333. The zero-order valence-corrected chi connectivity index (χ0v) is 14.2. The number of anilines is 1. The third-order valence-electron chi connectivity index (χ3n) is 3.63. The highest BCUT2D eigenvalue weighted by Crippen LogP contribution is 2.22. The first kappa shape index (κ1) is 17.2. The van der Waals surface area contributed by atoms with Gasteiger partial charge in [0.2, 0.25) is 5.91 Å². The van der Waals surface area contributed by atoms with Gasteiger partial charge in [0.05, 0.1) is 6.42 Å². The number of carbonyl (C=O) groups excluding carboxylic acids is 1. The zero-order valence-electron chi connectivity index (χ0n) is 13.4. The summed E-state index contributed by atoms with van der Waals surface area (Å²) in [6.45, 7) is 4.20. The van der Waals surface area contributed by atoms with Gasteiger partial charge in [-0.3, -0.25) is 9.59 Å². The number of aryl methyl sites for hydroxylation is 3. The van der Waals surface area contributed by atoms with Gasteiger partial charge in [0.15, 0.2) is 0 Å². The minimum atomic E-state index is -0.907. The smallest absolute Gasteiger partial charge is 0.307 e. The quantitative estimate of drug-likeness (QED) is 0.807. The van der Waals surface area contributed by atoms with Crippen LogP contribution in [0.15, 0.2) is 30.3 Å². The van der Waals surface area contributed by atoms with Crippen LogP contribution in [-0.4, -0.2) is 17.0 Å². The van der Waals surface area contributed by atoms with E-state index in [2.05, 4.69) is 25.2 Å². The summed E-state index contributed by atoms with van der Waals surface area (Å²) in [6.07, 6.45) is 2.00. The number of carboxylic acids is 1. The molecule has 0 unspecified atom stereocenters. The second kappa shape index (κ2) is 7.92. The number of hydrogen-bond donors (Lipinski definition) is 2. The molecule has 2 N–H and O–H groups in total. The molecule has 1 heterocycles. The van der Waals surface area contributed by atoms with Crippen LogP contribution < -0.4 is 5.32 Å². The molecular weight excluding hydrogens is 310 g/mol. The Balaban J connectivity index is 1.88. The van der Waals surface area contributed by atoms with E-state index in [1.165, 1.54) is 15.3 Å². The molecule has 0 aliphatic rings. The third kappa shape index (κ3) is 5.21. The first-order valence-electron chi connectivity index (χ1n) is 7.61. The first-order chi connectivity index (χ1) is 11.0. The highest BCUT2D eigenvalue weighted by molar-refractivity contribution is 7.12. The second-order valence-electron chi connectivity index (χ2n) is 5.57. The van der Waals surface area contributed by atoms with Gasteiger partial charge in [-0.05, 0) is 49.9 Å². The van der Waals surface area contributed by atoms with Crippen LogP contribution in [0.1, 0.15) is 33.7 Å². The van der Waals surface area contributed by atoms with Crippen LogP contribution in [0.3, 0.4) is 0 Å². The molecule has 1 amide bonds. The van der Waals surface area contributed by atoms with Crippen LogP contribution in [0.5, 0.6) is 0 Å². The number of amides is 1. The van der Waals surface area contributed by atoms with Gasteiger partial charge in [-0.25, -0.2) is 0 Å². The molecule has 0 bridgehead atoms. The van der Waals surface area contributed by atoms with Crippen LogP contribution >= 0.6 is 11.3 Å². The number of thiophene rings is 1. The number of para-hydroxylation sites is 1. The Morgan fingerprint density at radius 3 is 2.57 bits per heavy atom. The van der Waals surface area contributed by atoms with Crippen molar-refractivity contribution >= 4 is 28.9 Å². The number of carbonyl (C=O) groups is 2. The molecule has 0 fully saturated rings. The Morgan fingerprint density at radius 2 is 1.91 bits per heavy atom. The molecule has 4 nitrogen and oxygen atoms in total. The predicted molar refractivity (Wildman–Crippen MR) is 93.1 cm³/mol. The summed E-state index contributed by atoms with van der Waals surface area (Å²) in [7, 11) is 0. The van der Waals surface area contributed by atoms with Crippen molar-refractivity contribution in [1.82, 2.24) is 0 Å². The topological polar surface area (TPSA) is 66.4 Å². The summed E-state index contributed by atoms with van der Waals surface area (Å²) in [5.74, 6) is -0.984. The van der Waals surface area contributed by atoms with E-state index in [-0.39, 0.29) is 12.3 Å². The standard InChI is InChI=1S/C18H21NO3S/c1-12-10-14(13(2)23-12)7-5-9-17(20)19-16-8-4-3-6-15(16)11-18(21)22/h3-4,6,8,10H,5,7,9,11H2,1-2H3,(H,19,20)(H,21,22). The number of carboxylic acid groups (broad SMARTS) is 1. The number of aliphatic carboxylic acids is 1. The molecule has 0 aliphatic carbocycles. The van der Waals surface area contributed by atoms with Crippen molar-refractivity contribution in [3.63, 3.8) is 0 Å². The Labute approximate surface area is 140 Å². The summed E-state index contributed by atoms with van der Waals surface area (Å²) >= 11 is 1.78. The fourth-order valence-electron chi connectivity index (χ4n) is 2.54. The summed E-state index contributed by atoms with van der Waals surface area (Å²) in [6, 6.07) is 9.21. The largest absolute Gasteiger partial charge is 0.481 e. The van der Waals surface area contributed by atoms with Gasteiger partial charge >= 0.3 is 5.97 Å². The summed E-state index contributed by atoms with van der Waals surface area (Å²) in [4.78, 5) is 25.5. The molecule has 2 rings (SSSR count). The molecule has 2 aromatic rings. The molecule has 23 heavy (non-hydrogen) atoms. The highest BCUT2D eigenvalue weighted by Gasteiger charge is 2.10. The summed E-state index contributed by atoms with van der Waals surface area (Å²) < 4.78 is 0. The molecule has 122 valence electrons. The Bertz CT molecular complexity index is 706. The Hall–Kier alpha value is -2.14. The molecule has 0 saturated carbocycles. The van der Waals surface area contributed by atoms with E-state index >= 15 is 0 Å². The van der Waals surface area contributed by atoms with E-state index < -0.39 is 5.97 Å². The fourth-order valence-corrected chi connectivity index (χ4v) is 3.52. The van der Waals surface area contributed by atoms with E-state index in [1.54, 1.807) is 35.6 Å². The van der Waals surface area contributed by atoms with Crippen LogP contribution in [-0.2, 0) is 22.4 Å². The van der Waals surface area contributed by atoms with Crippen LogP contribution in [0, 0.1) is 13.8 Å². The van der Waals surface area contributed by atoms with Gasteiger partial charge in [-0.2, -0.15) is 0 Å². The maximum atomic E-state index is 12.1. The lowest BCUT2D eigenvalue weighted by molar-refractivity contribution is -0.136. The normalized spacial score (nSPS) is 10.5. The number of benzene rings is 1. The van der Waals surface area contributed by atoms with Crippen LogP contribution in [0.25, 0.3) is 0 Å². The second-order valence-corrected chi connectivity index (χ2v) is 7.03. The number of hydrogen-bond acceptors (Lipinski definition) is 3. The van der Waals surface area contributed by atoms with Gasteiger partial charge in [-0.1, -0.05) is 18.2 Å². The van der Waals surface area contributed by atoms with Gasteiger partial charge in [-0.15, -0.1) is 11.3 Å². The minimum absolute atomic E-state index is 0.0764. The van der Waals surface area contributed by atoms with Crippen molar-refractivity contribution in [3.8, 4) is 0 Å². The molecule has 5 heteroatoms. The molecule has 0 spiro atoms. The average molecular weight is 331 g/mol. The third-order valence-corrected chi connectivity index (χ3v) is 4.64. The monoisotopic (exact) mass is 331 g/mol. The van der Waals surface area contributed by atoms with Gasteiger partial charge in [0.25, 0.3) is 0 Å². The van der Waals surface area contributed by atoms with Crippen molar-refractivity contribution in [1.29, 1.82) is 0 Å². The predicted octanol–water partition coefficient (Wildman–Crippen LogP) is 3.95. The first-order valence-corrected chi connectivity index (χ1v) is 8.43. The lowest BCUT2D eigenvalue weighted by Crippen LogP contribution is -2.14. The van der Waals surface area contributed by atoms with Gasteiger partial charge in [0.1, 0.15) is 0 Å². The van der Waals surface area contributed by atoms with Crippen molar-refractivity contribution in [2.45, 2.75) is 39.5 Å². The Morgan fingerprint density at radius 1 is 1.17 bits per heavy atom. The maximum Gasteiger partial charge on any atom is 0.307 e. The average Bonchev–Trinajstić information content (AvgIpc) is 2.79. The van der Waals surface area contributed by atoms with E-state index in [4.69, 9.17) is 5.11 Å². The molecule has 0 saturated heterocycles. The van der Waals surface area contributed by atoms with Crippen molar-refractivity contribution in [2.75, 3.05) is 5.32 Å². The van der Waals surface area contributed by atoms with E-state index in [0.29, 0.717) is 17.7 Å². The number of rotatable bonds is 7. The van der Waals surface area contributed by atoms with E-state index in [1.807, 2.05) is 0 Å². The Kier molecular flexibility index (Phi) is 5.93. The summed E-state index contributed by atoms with van der Waals surface area (Å²) in [5.41, 5.74) is 2.52. The van der Waals surface area contributed by atoms with Gasteiger partial charge < -0.3 is 10.4 Å². The van der Waals surface area contributed by atoms with E-state index in [0.717, 1.165) is 12.8 Å². The molecule has 0 aliphatic heterocycles. The zero-order chi connectivity index (χ0) is 16.8. The highest BCUT2D eigenvalue weighted by atomic mass is 32.1. The molecule has 1 aromatic carbocycles. The van der Waals surface area contributed by atoms with Crippen LogP contribution in [0.2, 0.25) is 0 Å². The minimum Gasteiger partial charge on any atom is -0.481 e. The van der Waals surface area contributed by atoms with E-state index in [9.17, 15) is 9.59 Å². The summed E-state index contributed by atoms with van der Waals surface area (Å²) in [5, 5.41) is 11.7. The number of nitrogens with one attached hydrogen (secondary N) is 1. The maximum absolute atomic E-state index is 12.1. The van der Waals surface area contributed by atoms with Crippen molar-refractivity contribution in [3.05, 3.63) is 51.2 Å². The van der Waals surface area contributed by atoms with Crippen molar-refractivity contribution in [2.24, 2.45) is 0 Å². The molecule has 1 aromatic heterocycles. The van der Waals surface area contributed by atoms with Crippen LogP contribution in [0.4, 0.5) is 5.69 Å². The van der Waals surface area contributed by atoms with Gasteiger partial charge in [0, 0.05) is 21.9 Å². The lowest BCUT2D eigenvalue weighted by Gasteiger charge is -2.09.